The molecule has 0 bridgehead atoms. The van der Waals surface area contributed by atoms with Gasteiger partial charge in [0.2, 0.25) is 11.9 Å². The molecular formula is C23H26ClN5O3. The van der Waals surface area contributed by atoms with Crippen LogP contribution in [0, 0.1) is 0 Å². The molecular weight excluding hydrogens is 430 g/mol. The van der Waals surface area contributed by atoms with Crippen molar-refractivity contribution in [1.82, 2.24) is 14.5 Å². The summed E-state index contributed by atoms with van der Waals surface area (Å²) in [7, 11) is 3.16. The van der Waals surface area contributed by atoms with Gasteiger partial charge in [0.1, 0.15) is 11.5 Å². The van der Waals surface area contributed by atoms with Crippen molar-refractivity contribution < 1.29 is 14.3 Å². The molecule has 1 fully saturated rings. The van der Waals surface area contributed by atoms with Gasteiger partial charge in [-0.25, -0.2) is 4.98 Å². The lowest BCUT2D eigenvalue weighted by Gasteiger charge is -2.35. The van der Waals surface area contributed by atoms with E-state index in [1.807, 2.05) is 35.0 Å². The summed E-state index contributed by atoms with van der Waals surface area (Å²) < 4.78 is 12.6. The summed E-state index contributed by atoms with van der Waals surface area (Å²) in [5, 5.41) is 3.62. The quantitative estimate of drug-likeness (QED) is 0.589. The number of hydrogen-bond acceptors (Lipinski definition) is 6. The Morgan fingerprint density at radius 1 is 1.09 bits per heavy atom. The third-order valence-electron chi connectivity index (χ3n) is 5.41. The predicted octanol–water partition coefficient (Wildman–Crippen LogP) is 3.30. The number of anilines is 2. The second kappa shape index (κ2) is 9.93. The Morgan fingerprint density at radius 3 is 2.62 bits per heavy atom. The van der Waals surface area contributed by atoms with Crippen LogP contribution in [0.15, 0.2) is 54.9 Å². The van der Waals surface area contributed by atoms with Crippen LogP contribution in [0.25, 0.3) is 5.69 Å². The first-order valence-electron chi connectivity index (χ1n) is 10.4. The summed E-state index contributed by atoms with van der Waals surface area (Å²) in [6, 6.07) is 13.0. The fraction of sp³-hybridized carbons (Fsp3) is 0.304. The number of imidazole rings is 1. The van der Waals surface area contributed by atoms with E-state index in [1.165, 1.54) is 0 Å². The molecule has 1 aliphatic heterocycles. The van der Waals surface area contributed by atoms with E-state index in [2.05, 4.69) is 20.1 Å². The van der Waals surface area contributed by atoms with Crippen LogP contribution in [-0.4, -0.2) is 67.3 Å². The average Bonchev–Trinajstić information content (AvgIpc) is 3.30. The number of halogens is 1. The summed E-state index contributed by atoms with van der Waals surface area (Å²) in [6.07, 6.45) is 3.72. The highest BCUT2D eigenvalue weighted by atomic mass is 35.5. The topological polar surface area (TPSA) is 71.9 Å². The highest BCUT2D eigenvalue weighted by molar-refractivity contribution is 6.30. The molecule has 0 saturated carbocycles. The van der Waals surface area contributed by atoms with Gasteiger partial charge in [0.15, 0.2) is 0 Å². The average molecular weight is 456 g/mol. The van der Waals surface area contributed by atoms with Crippen LogP contribution in [0.2, 0.25) is 5.02 Å². The lowest BCUT2D eigenvalue weighted by Crippen LogP contribution is -2.49. The monoisotopic (exact) mass is 455 g/mol. The summed E-state index contributed by atoms with van der Waals surface area (Å²) in [5.74, 6) is 2.03. The maximum Gasteiger partial charge on any atom is 0.238 e. The fourth-order valence-electron chi connectivity index (χ4n) is 3.76. The lowest BCUT2D eigenvalue weighted by molar-refractivity contribution is -0.117. The molecule has 1 saturated heterocycles. The molecule has 0 radical (unpaired) electrons. The van der Waals surface area contributed by atoms with Crippen molar-refractivity contribution in [3.63, 3.8) is 0 Å². The van der Waals surface area contributed by atoms with Crippen molar-refractivity contribution in [3.8, 4) is 17.2 Å². The SMILES string of the molecule is COc1ccc(NC(=O)CN2CCN(c3nccn3-c3cccc(Cl)c3)CC2)c(OC)c1. The van der Waals surface area contributed by atoms with Gasteiger partial charge in [-0.15, -0.1) is 0 Å². The molecule has 1 aromatic heterocycles. The number of methoxy groups -OCH3 is 2. The van der Waals surface area contributed by atoms with Crippen molar-refractivity contribution in [2.75, 3.05) is 57.2 Å². The van der Waals surface area contributed by atoms with Crippen molar-refractivity contribution in [3.05, 3.63) is 59.9 Å². The van der Waals surface area contributed by atoms with Gasteiger partial charge in [0, 0.05) is 55.3 Å². The van der Waals surface area contributed by atoms with Crippen LogP contribution in [-0.2, 0) is 4.79 Å². The largest absolute Gasteiger partial charge is 0.497 e. The van der Waals surface area contributed by atoms with Gasteiger partial charge in [-0.05, 0) is 30.3 Å². The summed E-state index contributed by atoms with van der Waals surface area (Å²) in [6.45, 7) is 3.38. The highest BCUT2D eigenvalue weighted by Crippen LogP contribution is 2.29. The van der Waals surface area contributed by atoms with E-state index in [4.69, 9.17) is 21.1 Å². The molecule has 9 heteroatoms. The summed E-state index contributed by atoms with van der Waals surface area (Å²) >= 11 is 6.15. The van der Waals surface area contributed by atoms with Gasteiger partial charge < -0.3 is 19.7 Å². The van der Waals surface area contributed by atoms with Crippen LogP contribution in [0.5, 0.6) is 11.5 Å². The zero-order valence-corrected chi connectivity index (χ0v) is 18.9. The Morgan fingerprint density at radius 2 is 1.91 bits per heavy atom. The minimum absolute atomic E-state index is 0.0812. The van der Waals surface area contributed by atoms with E-state index in [-0.39, 0.29) is 5.91 Å². The normalized spacial score (nSPS) is 14.3. The number of hydrogen-bond donors (Lipinski definition) is 1. The van der Waals surface area contributed by atoms with Gasteiger partial charge >= 0.3 is 0 Å². The summed E-state index contributed by atoms with van der Waals surface area (Å²) in [5.41, 5.74) is 1.60. The van der Waals surface area contributed by atoms with E-state index < -0.39 is 0 Å². The van der Waals surface area contributed by atoms with Crippen molar-refractivity contribution in [2.45, 2.75) is 0 Å². The maximum absolute atomic E-state index is 12.6. The smallest absolute Gasteiger partial charge is 0.238 e. The molecule has 0 spiro atoms. The minimum atomic E-state index is -0.0812. The number of nitrogens with zero attached hydrogens (tertiary/aromatic N) is 4. The van der Waals surface area contributed by atoms with Gasteiger partial charge in [-0.1, -0.05) is 17.7 Å². The second-order valence-corrected chi connectivity index (χ2v) is 7.89. The zero-order chi connectivity index (χ0) is 22.5. The lowest BCUT2D eigenvalue weighted by atomic mass is 10.2. The Labute approximate surface area is 192 Å². The third-order valence-corrected chi connectivity index (χ3v) is 5.65. The van der Waals surface area contributed by atoms with Gasteiger partial charge in [0.25, 0.3) is 0 Å². The zero-order valence-electron chi connectivity index (χ0n) is 18.1. The van der Waals surface area contributed by atoms with E-state index in [9.17, 15) is 4.79 Å². The van der Waals surface area contributed by atoms with Crippen LogP contribution in [0.1, 0.15) is 0 Å². The molecule has 3 aromatic rings. The predicted molar refractivity (Wildman–Crippen MR) is 125 cm³/mol. The molecule has 32 heavy (non-hydrogen) atoms. The molecule has 1 N–H and O–H groups in total. The Bertz CT molecular complexity index is 1080. The Kier molecular flexibility index (Phi) is 6.82. The molecule has 0 unspecified atom stereocenters. The Hall–Kier alpha value is -3.23. The van der Waals surface area contributed by atoms with Crippen LogP contribution >= 0.6 is 11.6 Å². The molecule has 0 aliphatic carbocycles. The molecule has 8 nitrogen and oxygen atoms in total. The second-order valence-electron chi connectivity index (χ2n) is 7.45. The van der Waals surface area contributed by atoms with E-state index in [0.29, 0.717) is 28.8 Å². The molecule has 0 atom stereocenters. The summed E-state index contributed by atoms with van der Waals surface area (Å²) in [4.78, 5) is 21.5. The van der Waals surface area contributed by atoms with E-state index in [1.54, 1.807) is 38.6 Å². The number of carbonyl (C=O) groups is 1. The number of benzene rings is 2. The van der Waals surface area contributed by atoms with E-state index in [0.717, 1.165) is 37.8 Å². The number of aromatic nitrogens is 2. The Balaban J connectivity index is 1.34. The van der Waals surface area contributed by atoms with Crippen molar-refractivity contribution in [2.24, 2.45) is 0 Å². The van der Waals surface area contributed by atoms with Gasteiger partial charge in [-0.2, -0.15) is 0 Å². The third kappa shape index (κ3) is 4.98. The number of ether oxygens (including phenoxy) is 2. The number of carbonyl (C=O) groups excluding carboxylic acids is 1. The van der Waals surface area contributed by atoms with Crippen LogP contribution in [0.3, 0.4) is 0 Å². The van der Waals surface area contributed by atoms with Crippen molar-refractivity contribution in [1.29, 1.82) is 0 Å². The van der Waals surface area contributed by atoms with Crippen LogP contribution < -0.4 is 19.7 Å². The molecule has 2 heterocycles. The number of piperazine rings is 1. The van der Waals surface area contributed by atoms with Crippen molar-refractivity contribution >= 4 is 29.1 Å². The maximum atomic E-state index is 12.6. The fourth-order valence-corrected chi connectivity index (χ4v) is 3.94. The first-order chi connectivity index (χ1) is 15.6. The first-order valence-corrected chi connectivity index (χ1v) is 10.7. The van der Waals surface area contributed by atoms with E-state index >= 15 is 0 Å². The molecule has 2 aromatic carbocycles. The number of nitrogens with one attached hydrogen (secondary N) is 1. The van der Waals surface area contributed by atoms with Crippen LogP contribution in [0.4, 0.5) is 11.6 Å². The minimum Gasteiger partial charge on any atom is -0.497 e. The number of rotatable bonds is 7. The first kappa shape index (κ1) is 22.0. The molecule has 1 aliphatic rings. The molecule has 4 rings (SSSR count). The van der Waals surface area contributed by atoms with Gasteiger partial charge in [0.05, 0.1) is 26.5 Å². The number of amides is 1. The van der Waals surface area contributed by atoms with Gasteiger partial charge in [-0.3, -0.25) is 14.3 Å². The highest BCUT2D eigenvalue weighted by Gasteiger charge is 2.22. The standard InChI is InChI=1S/C23H26ClN5O3/c1-31-19-6-7-20(21(15-19)32-2)26-22(30)16-27-10-12-28(13-11-27)23-25-8-9-29(23)18-5-3-4-17(24)14-18/h3-9,14-15H,10-13,16H2,1-2H3,(H,26,30). The molecule has 1 amide bonds. The molecule has 168 valence electrons.